The first-order valence-corrected chi connectivity index (χ1v) is 6.51. The lowest BCUT2D eigenvalue weighted by molar-refractivity contribution is -0.130. The van der Waals surface area contributed by atoms with Crippen LogP contribution >= 0.6 is 0 Å². The molecule has 0 radical (unpaired) electrons. The van der Waals surface area contributed by atoms with Gasteiger partial charge in [-0.3, -0.25) is 0 Å². The van der Waals surface area contributed by atoms with E-state index in [9.17, 15) is 4.79 Å². The molecule has 0 atom stereocenters. The smallest absolute Gasteiger partial charge is 0.341 e. The summed E-state index contributed by atoms with van der Waals surface area (Å²) in [5.74, 6) is 0.109. The van der Waals surface area contributed by atoms with Crippen molar-refractivity contribution in [1.29, 1.82) is 0 Å². The average molecular weight is 274 g/mol. The fourth-order valence-electron chi connectivity index (χ4n) is 1.62. The van der Waals surface area contributed by atoms with Crippen LogP contribution in [0.4, 0.5) is 0 Å². The Balaban J connectivity index is 2.64. The molecule has 0 aromatic heterocycles. The van der Waals surface area contributed by atoms with Crippen LogP contribution in [-0.4, -0.2) is 19.2 Å². The van der Waals surface area contributed by atoms with Crippen molar-refractivity contribution in [2.75, 3.05) is 13.2 Å². The van der Waals surface area contributed by atoms with Crippen LogP contribution < -0.4 is 4.74 Å². The minimum atomic E-state index is -0.460. The van der Waals surface area contributed by atoms with Crippen LogP contribution in [0.1, 0.15) is 23.6 Å². The van der Waals surface area contributed by atoms with E-state index in [1.54, 1.807) is 6.07 Å². The fourth-order valence-corrected chi connectivity index (χ4v) is 1.62. The summed E-state index contributed by atoms with van der Waals surface area (Å²) in [6.45, 7) is 15.8. The van der Waals surface area contributed by atoms with Crippen molar-refractivity contribution in [2.24, 2.45) is 0 Å². The Morgan fingerprint density at radius 3 is 2.35 bits per heavy atom. The molecule has 3 heteroatoms. The fraction of sp³-hybridized carbons (Fsp3) is 0.353. The summed E-state index contributed by atoms with van der Waals surface area (Å²) in [7, 11) is 0. The monoisotopic (exact) mass is 274 g/mol. The second-order valence-electron chi connectivity index (χ2n) is 5.07. The Kier molecular flexibility index (Phi) is 5.71. The third-order valence-electron chi connectivity index (χ3n) is 3.12. The third kappa shape index (κ3) is 4.35. The molecule has 1 rings (SSSR count). The normalized spacial score (nSPS) is 10.2. The molecule has 0 aliphatic rings. The maximum atomic E-state index is 11.9. The van der Waals surface area contributed by atoms with Crippen molar-refractivity contribution >= 4 is 5.97 Å². The zero-order valence-electron chi connectivity index (χ0n) is 12.7. The molecule has 0 spiro atoms. The van der Waals surface area contributed by atoms with Gasteiger partial charge < -0.3 is 9.47 Å². The molecule has 0 saturated carbocycles. The Hall–Kier alpha value is -1.87. The minimum Gasteiger partial charge on any atom is -0.423 e. The Morgan fingerprint density at radius 1 is 1.10 bits per heavy atom. The van der Waals surface area contributed by atoms with Crippen molar-refractivity contribution in [3.8, 4) is 5.75 Å². The van der Waals surface area contributed by atoms with Gasteiger partial charge in [-0.25, -0.2) is 4.79 Å². The minimum absolute atomic E-state index is 0.148. The highest BCUT2D eigenvalue weighted by molar-refractivity contribution is 5.90. The first-order valence-electron chi connectivity index (χ1n) is 6.51. The maximum Gasteiger partial charge on any atom is 0.341 e. The summed E-state index contributed by atoms with van der Waals surface area (Å²) in [6, 6.07) is 3.74. The number of benzene rings is 1. The van der Waals surface area contributed by atoms with Crippen molar-refractivity contribution in [1.82, 2.24) is 0 Å². The zero-order chi connectivity index (χ0) is 15.3. The number of hydrogen-bond acceptors (Lipinski definition) is 3. The van der Waals surface area contributed by atoms with E-state index in [-0.39, 0.29) is 6.61 Å². The van der Waals surface area contributed by atoms with Gasteiger partial charge in [-0.05, 0) is 50.5 Å². The van der Waals surface area contributed by atoms with Gasteiger partial charge in [-0.15, -0.1) is 0 Å². The molecule has 108 valence electrons. The lowest BCUT2D eigenvalue weighted by Crippen LogP contribution is -2.16. The number of rotatable bonds is 6. The number of ether oxygens (including phenoxy) is 2. The highest BCUT2D eigenvalue weighted by Gasteiger charge is 2.13. The van der Waals surface area contributed by atoms with Gasteiger partial charge in [-0.2, -0.15) is 0 Å². The first-order chi connectivity index (χ1) is 9.32. The van der Waals surface area contributed by atoms with Gasteiger partial charge in [0, 0.05) is 0 Å². The lowest BCUT2D eigenvalue weighted by atomic mass is 10.0. The van der Waals surface area contributed by atoms with Gasteiger partial charge in [0.15, 0.2) is 0 Å². The van der Waals surface area contributed by atoms with E-state index in [0.29, 0.717) is 17.9 Å². The molecule has 0 unspecified atom stereocenters. The van der Waals surface area contributed by atoms with E-state index in [4.69, 9.17) is 9.47 Å². The zero-order valence-corrected chi connectivity index (χ0v) is 12.7. The summed E-state index contributed by atoms with van der Waals surface area (Å²) in [5.41, 5.74) is 4.46. The van der Waals surface area contributed by atoms with Crippen molar-refractivity contribution < 1.29 is 14.3 Å². The first kappa shape index (κ1) is 16.2. The lowest BCUT2D eigenvalue weighted by Gasteiger charge is -2.12. The van der Waals surface area contributed by atoms with Gasteiger partial charge in [0.05, 0.1) is 18.8 Å². The summed E-state index contributed by atoms with van der Waals surface area (Å²) < 4.78 is 10.6. The van der Waals surface area contributed by atoms with Crippen LogP contribution in [-0.2, 0) is 9.53 Å². The Morgan fingerprint density at radius 2 is 1.75 bits per heavy atom. The molecule has 0 heterocycles. The largest absolute Gasteiger partial charge is 0.423 e. The molecule has 0 bridgehead atoms. The molecule has 0 N–H and O–H groups in total. The molecule has 0 amide bonds. The Bertz CT molecular complexity index is 541. The highest BCUT2D eigenvalue weighted by Crippen LogP contribution is 2.24. The van der Waals surface area contributed by atoms with E-state index >= 15 is 0 Å². The number of hydrogen-bond donors (Lipinski definition) is 0. The number of aryl methyl sites for hydroxylation is 1. The van der Waals surface area contributed by atoms with Crippen molar-refractivity contribution in [2.45, 2.75) is 27.7 Å². The van der Waals surface area contributed by atoms with Crippen molar-refractivity contribution in [3.63, 3.8) is 0 Å². The van der Waals surface area contributed by atoms with Crippen LogP contribution in [0.15, 0.2) is 36.4 Å². The van der Waals surface area contributed by atoms with Gasteiger partial charge in [0.1, 0.15) is 5.75 Å². The molecule has 0 aliphatic heterocycles. The standard InChI is InChI=1S/C17H22O3/c1-11(2)9-19-10-13(4)17(18)20-16-8-7-12(3)14(5)15(16)6/h7-8H,1,4,9-10H2,2-3,5-6H3. The molecular formula is C17H22O3. The van der Waals surface area contributed by atoms with Crippen LogP contribution in [0.3, 0.4) is 0 Å². The summed E-state index contributed by atoms with van der Waals surface area (Å²) in [4.78, 5) is 11.9. The van der Waals surface area contributed by atoms with Crippen LogP contribution in [0.2, 0.25) is 0 Å². The molecule has 3 nitrogen and oxygen atoms in total. The third-order valence-corrected chi connectivity index (χ3v) is 3.12. The van der Waals surface area contributed by atoms with Gasteiger partial charge >= 0.3 is 5.97 Å². The van der Waals surface area contributed by atoms with Crippen LogP contribution in [0, 0.1) is 20.8 Å². The van der Waals surface area contributed by atoms with Gasteiger partial charge in [-0.1, -0.05) is 24.8 Å². The summed E-state index contributed by atoms with van der Waals surface area (Å²) >= 11 is 0. The quantitative estimate of drug-likeness (QED) is 0.344. The predicted octanol–water partition coefficient (Wildman–Crippen LogP) is 3.67. The number of carbonyl (C=O) groups excluding carboxylic acids is 1. The van der Waals surface area contributed by atoms with E-state index < -0.39 is 5.97 Å². The topological polar surface area (TPSA) is 35.5 Å². The van der Waals surface area contributed by atoms with Crippen LogP contribution in [0.25, 0.3) is 0 Å². The van der Waals surface area contributed by atoms with Gasteiger partial charge in [0.25, 0.3) is 0 Å². The maximum absolute atomic E-state index is 11.9. The number of esters is 1. The molecule has 1 aromatic carbocycles. The van der Waals surface area contributed by atoms with E-state index in [2.05, 4.69) is 13.2 Å². The molecule has 0 saturated heterocycles. The SMILES string of the molecule is C=C(C)COCC(=C)C(=O)Oc1ccc(C)c(C)c1C. The summed E-state index contributed by atoms with van der Waals surface area (Å²) in [6.07, 6.45) is 0. The molecule has 1 aromatic rings. The van der Waals surface area contributed by atoms with E-state index in [0.717, 1.165) is 16.7 Å². The van der Waals surface area contributed by atoms with Gasteiger partial charge in [0.2, 0.25) is 0 Å². The average Bonchev–Trinajstić information content (AvgIpc) is 2.38. The predicted molar refractivity (Wildman–Crippen MR) is 81.1 cm³/mol. The van der Waals surface area contributed by atoms with E-state index in [1.807, 2.05) is 33.8 Å². The molecule has 0 aliphatic carbocycles. The van der Waals surface area contributed by atoms with Crippen LogP contribution in [0.5, 0.6) is 5.75 Å². The number of carbonyl (C=O) groups is 1. The van der Waals surface area contributed by atoms with Crippen molar-refractivity contribution in [3.05, 3.63) is 53.1 Å². The Labute approximate surface area is 120 Å². The molecular weight excluding hydrogens is 252 g/mol. The second kappa shape index (κ2) is 7.06. The summed E-state index contributed by atoms with van der Waals surface area (Å²) in [5, 5.41) is 0. The van der Waals surface area contributed by atoms with E-state index in [1.165, 1.54) is 5.56 Å². The second-order valence-corrected chi connectivity index (χ2v) is 5.07. The molecule has 0 fully saturated rings. The molecule has 20 heavy (non-hydrogen) atoms. The highest BCUT2D eigenvalue weighted by atomic mass is 16.5.